The summed E-state index contributed by atoms with van der Waals surface area (Å²) in [6, 6.07) is 10.7. The fourth-order valence-corrected chi connectivity index (χ4v) is 1.94. The molecule has 0 spiro atoms. The van der Waals surface area contributed by atoms with E-state index in [4.69, 9.17) is 5.73 Å². The van der Waals surface area contributed by atoms with Gasteiger partial charge in [0.05, 0.1) is 4.92 Å². The highest BCUT2D eigenvalue weighted by Crippen LogP contribution is 2.28. The summed E-state index contributed by atoms with van der Waals surface area (Å²) in [5, 5.41) is 13.5. The summed E-state index contributed by atoms with van der Waals surface area (Å²) in [5.41, 5.74) is 6.40. The van der Waals surface area contributed by atoms with Crippen LogP contribution in [0, 0.1) is 10.1 Å². The molecule has 0 saturated carbocycles. The Bertz CT molecular complexity index is 671. The average molecular weight is 336 g/mol. The van der Waals surface area contributed by atoms with Crippen LogP contribution in [-0.4, -0.2) is 10.8 Å². The first-order chi connectivity index (χ1) is 9.47. The predicted molar refractivity (Wildman–Crippen MR) is 79.6 cm³/mol. The molecular weight excluding hydrogens is 326 g/mol. The number of anilines is 2. The summed E-state index contributed by atoms with van der Waals surface area (Å²) >= 11 is 3.15. The van der Waals surface area contributed by atoms with Gasteiger partial charge in [0.25, 0.3) is 11.6 Å². The van der Waals surface area contributed by atoms with Gasteiger partial charge in [-0.25, -0.2) is 0 Å². The molecule has 3 N–H and O–H groups in total. The summed E-state index contributed by atoms with van der Waals surface area (Å²) in [4.78, 5) is 22.4. The number of rotatable bonds is 3. The number of hydrogen-bond acceptors (Lipinski definition) is 4. The first-order valence-corrected chi connectivity index (χ1v) is 6.37. The van der Waals surface area contributed by atoms with E-state index in [2.05, 4.69) is 21.2 Å². The maximum absolute atomic E-state index is 12.0. The fraction of sp³-hybridized carbons (Fsp3) is 0. The number of carbonyl (C=O) groups is 1. The third-order valence-electron chi connectivity index (χ3n) is 2.58. The van der Waals surface area contributed by atoms with Crippen molar-refractivity contribution in [1.82, 2.24) is 0 Å². The van der Waals surface area contributed by atoms with Crippen LogP contribution in [0.1, 0.15) is 10.4 Å². The number of nitrogens with two attached hydrogens (primary N) is 1. The minimum atomic E-state index is -0.552. The van der Waals surface area contributed by atoms with Crippen LogP contribution in [0.2, 0.25) is 0 Å². The Labute approximate surface area is 122 Å². The van der Waals surface area contributed by atoms with Gasteiger partial charge in [-0.2, -0.15) is 0 Å². The van der Waals surface area contributed by atoms with Gasteiger partial charge in [-0.15, -0.1) is 0 Å². The molecule has 0 fully saturated rings. The smallest absolute Gasteiger partial charge is 0.293 e. The number of hydrogen-bond donors (Lipinski definition) is 2. The number of nitro groups is 1. The van der Waals surface area contributed by atoms with Crippen molar-refractivity contribution in [1.29, 1.82) is 0 Å². The second-order valence-corrected chi connectivity index (χ2v) is 4.91. The molecule has 2 aromatic rings. The van der Waals surface area contributed by atoms with E-state index in [1.54, 1.807) is 30.3 Å². The number of halogens is 1. The second-order valence-electron chi connectivity index (χ2n) is 3.99. The van der Waals surface area contributed by atoms with Crippen LogP contribution < -0.4 is 11.1 Å². The van der Waals surface area contributed by atoms with Crippen molar-refractivity contribution in [3.63, 3.8) is 0 Å². The lowest BCUT2D eigenvalue weighted by Gasteiger charge is -2.06. The Morgan fingerprint density at radius 1 is 1.20 bits per heavy atom. The minimum absolute atomic E-state index is 0.139. The number of benzene rings is 2. The van der Waals surface area contributed by atoms with Crippen molar-refractivity contribution in [3.05, 3.63) is 62.6 Å². The summed E-state index contributed by atoms with van der Waals surface area (Å²) in [7, 11) is 0. The Balaban J connectivity index is 2.28. The van der Waals surface area contributed by atoms with Gasteiger partial charge in [0.2, 0.25) is 0 Å². The molecule has 2 rings (SSSR count). The number of nitro benzene ring substituents is 1. The topological polar surface area (TPSA) is 98.3 Å². The molecule has 0 aliphatic rings. The Kier molecular flexibility index (Phi) is 3.99. The van der Waals surface area contributed by atoms with Crippen LogP contribution in [0.3, 0.4) is 0 Å². The van der Waals surface area contributed by atoms with E-state index >= 15 is 0 Å². The maximum atomic E-state index is 12.0. The normalized spacial score (nSPS) is 10.1. The molecule has 0 aliphatic heterocycles. The van der Waals surface area contributed by atoms with E-state index in [0.29, 0.717) is 15.7 Å². The van der Waals surface area contributed by atoms with Gasteiger partial charge in [-0.05, 0) is 36.4 Å². The molecule has 102 valence electrons. The molecule has 0 unspecified atom stereocenters. The molecule has 0 bridgehead atoms. The van der Waals surface area contributed by atoms with Gasteiger partial charge in [-0.1, -0.05) is 15.9 Å². The van der Waals surface area contributed by atoms with E-state index in [1.165, 1.54) is 12.1 Å². The molecule has 7 heteroatoms. The van der Waals surface area contributed by atoms with Gasteiger partial charge in [0.1, 0.15) is 5.69 Å². The summed E-state index contributed by atoms with van der Waals surface area (Å²) in [5.74, 6) is -0.435. The average Bonchev–Trinajstić information content (AvgIpc) is 2.41. The summed E-state index contributed by atoms with van der Waals surface area (Å²) in [6.45, 7) is 0. The monoisotopic (exact) mass is 335 g/mol. The molecule has 0 radical (unpaired) electrons. The first kappa shape index (κ1) is 14.0. The summed E-state index contributed by atoms with van der Waals surface area (Å²) < 4.78 is 0.565. The molecule has 0 atom stereocenters. The maximum Gasteiger partial charge on any atom is 0.293 e. The molecule has 20 heavy (non-hydrogen) atoms. The number of carbonyl (C=O) groups excluding carboxylic acids is 1. The Morgan fingerprint density at radius 3 is 2.45 bits per heavy atom. The van der Waals surface area contributed by atoms with Crippen LogP contribution in [0.15, 0.2) is 46.9 Å². The number of nitrogens with zero attached hydrogens (tertiary/aromatic N) is 1. The van der Waals surface area contributed by atoms with Gasteiger partial charge in [-0.3, -0.25) is 14.9 Å². The lowest BCUT2D eigenvalue weighted by atomic mass is 10.2. The summed E-state index contributed by atoms with van der Waals surface area (Å²) in [6.07, 6.45) is 0. The Morgan fingerprint density at radius 2 is 1.85 bits per heavy atom. The van der Waals surface area contributed by atoms with Gasteiger partial charge >= 0.3 is 0 Å². The lowest BCUT2D eigenvalue weighted by molar-refractivity contribution is -0.384. The third-order valence-corrected chi connectivity index (χ3v) is 3.07. The van der Waals surface area contributed by atoms with Crippen LogP contribution >= 0.6 is 15.9 Å². The highest BCUT2D eigenvalue weighted by molar-refractivity contribution is 9.10. The third kappa shape index (κ3) is 3.12. The number of nitrogen functional groups attached to an aromatic ring is 1. The van der Waals surface area contributed by atoms with E-state index < -0.39 is 10.8 Å². The zero-order valence-corrected chi connectivity index (χ0v) is 11.8. The number of nitrogens with one attached hydrogen (secondary N) is 1. The Hall–Kier alpha value is -2.41. The second kappa shape index (κ2) is 5.70. The highest BCUT2D eigenvalue weighted by Gasteiger charge is 2.17. The number of amides is 1. The van der Waals surface area contributed by atoms with Crippen molar-refractivity contribution < 1.29 is 9.72 Å². The highest BCUT2D eigenvalue weighted by atomic mass is 79.9. The zero-order valence-electron chi connectivity index (χ0n) is 10.2. The van der Waals surface area contributed by atoms with E-state index in [-0.39, 0.29) is 11.4 Å². The van der Waals surface area contributed by atoms with Crippen molar-refractivity contribution in [2.45, 2.75) is 0 Å². The van der Waals surface area contributed by atoms with Gasteiger partial charge in [0, 0.05) is 21.8 Å². The molecule has 1 amide bonds. The van der Waals surface area contributed by atoms with Crippen molar-refractivity contribution in [2.24, 2.45) is 0 Å². The van der Waals surface area contributed by atoms with Crippen molar-refractivity contribution in [2.75, 3.05) is 11.1 Å². The van der Waals surface area contributed by atoms with Gasteiger partial charge < -0.3 is 11.1 Å². The quantitative estimate of drug-likeness (QED) is 0.511. The molecule has 0 saturated heterocycles. The molecule has 0 aromatic heterocycles. The van der Waals surface area contributed by atoms with Crippen molar-refractivity contribution >= 4 is 38.9 Å². The standard InChI is InChI=1S/C13H10BrN3O3/c14-9-3-6-11(12(7-9)17(19)20)16-13(18)8-1-4-10(15)5-2-8/h1-7H,15H2,(H,16,18). The predicted octanol–water partition coefficient (Wildman–Crippen LogP) is 3.19. The fourth-order valence-electron chi connectivity index (χ4n) is 1.59. The molecule has 0 heterocycles. The minimum Gasteiger partial charge on any atom is -0.399 e. The largest absolute Gasteiger partial charge is 0.399 e. The van der Waals surface area contributed by atoms with Crippen LogP contribution in [0.25, 0.3) is 0 Å². The molecule has 2 aromatic carbocycles. The van der Waals surface area contributed by atoms with Crippen LogP contribution in [0.4, 0.5) is 17.1 Å². The van der Waals surface area contributed by atoms with Crippen LogP contribution in [-0.2, 0) is 0 Å². The molecule has 0 aliphatic carbocycles. The van der Waals surface area contributed by atoms with Gasteiger partial charge in [0.15, 0.2) is 0 Å². The molecular formula is C13H10BrN3O3. The van der Waals surface area contributed by atoms with Crippen molar-refractivity contribution in [3.8, 4) is 0 Å². The van der Waals surface area contributed by atoms with E-state index in [9.17, 15) is 14.9 Å². The first-order valence-electron chi connectivity index (χ1n) is 5.58. The van der Waals surface area contributed by atoms with E-state index in [1.807, 2.05) is 0 Å². The molecule has 6 nitrogen and oxygen atoms in total. The lowest BCUT2D eigenvalue weighted by Crippen LogP contribution is -2.13. The SMILES string of the molecule is Nc1ccc(C(=O)Nc2ccc(Br)cc2[N+](=O)[O-])cc1. The van der Waals surface area contributed by atoms with Crippen LogP contribution in [0.5, 0.6) is 0 Å². The van der Waals surface area contributed by atoms with E-state index in [0.717, 1.165) is 0 Å². The zero-order chi connectivity index (χ0) is 14.7.